The van der Waals surface area contributed by atoms with Gasteiger partial charge in [0.05, 0.1) is 13.2 Å². The molecule has 0 atom stereocenters. The first kappa shape index (κ1) is 18.4. The molecule has 0 aliphatic rings. The summed E-state index contributed by atoms with van der Waals surface area (Å²) in [5.41, 5.74) is 1.50. The van der Waals surface area contributed by atoms with Gasteiger partial charge in [-0.15, -0.1) is 0 Å². The molecule has 0 radical (unpaired) electrons. The monoisotopic (exact) mass is 311 g/mol. The number of rotatable bonds is 9. The quantitative estimate of drug-likeness (QED) is 0.416. The van der Waals surface area contributed by atoms with Crippen LogP contribution in [0.2, 0.25) is 0 Å². The van der Waals surface area contributed by atoms with Crippen LogP contribution in [0.5, 0.6) is 0 Å². The van der Waals surface area contributed by atoms with Crippen LogP contribution >= 0.6 is 0 Å². The Morgan fingerprint density at radius 3 is 2.73 bits per heavy atom. The third kappa shape index (κ3) is 6.87. The lowest BCUT2D eigenvalue weighted by Gasteiger charge is -2.11. The summed E-state index contributed by atoms with van der Waals surface area (Å²) in [6.45, 7) is 5.05. The Labute approximate surface area is 131 Å². The molecule has 5 nitrogen and oxygen atoms in total. The first-order chi connectivity index (χ1) is 10.7. The van der Waals surface area contributed by atoms with Gasteiger partial charge < -0.3 is 20.1 Å². The Morgan fingerprint density at radius 2 is 2.05 bits per heavy atom. The maximum Gasteiger partial charge on any atom is 0.191 e. The number of methoxy groups -OCH3 is 2. The number of hydrogen-bond donors (Lipinski definition) is 2. The van der Waals surface area contributed by atoms with E-state index in [2.05, 4.69) is 15.6 Å². The smallest absolute Gasteiger partial charge is 0.191 e. The predicted molar refractivity (Wildman–Crippen MR) is 86.4 cm³/mol. The van der Waals surface area contributed by atoms with Gasteiger partial charge in [0.2, 0.25) is 0 Å². The number of nitrogens with zero attached hydrogens (tertiary/aromatic N) is 1. The van der Waals surface area contributed by atoms with Gasteiger partial charge in [0.25, 0.3) is 0 Å². The van der Waals surface area contributed by atoms with Crippen LogP contribution in [0.3, 0.4) is 0 Å². The fourth-order valence-corrected chi connectivity index (χ4v) is 1.93. The van der Waals surface area contributed by atoms with Gasteiger partial charge in [-0.1, -0.05) is 6.07 Å². The Hall–Kier alpha value is -1.66. The fourth-order valence-electron chi connectivity index (χ4n) is 1.93. The van der Waals surface area contributed by atoms with Crippen LogP contribution in [-0.2, 0) is 22.6 Å². The highest BCUT2D eigenvalue weighted by Crippen LogP contribution is 2.12. The van der Waals surface area contributed by atoms with E-state index in [-0.39, 0.29) is 12.4 Å². The average molecular weight is 311 g/mol. The summed E-state index contributed by atoms with van der Waals surface area (Å²) in [5, 5.41) is 6.42. The van der Waals surface area contributed by atoms with E-state index >= 15 is 0 Å². The van der Waals surface area contributed by atoms with Crippen molar-refractivity contribution in [1.29, 1.82) is 0 Å². The Kier molecular flexibility index (Phi) is 9.18. The molecule has 1 aromatic rings. The predicted octanol–water partition coefficient (Wildman–Crippen LogP) is 2.06. The van der Waals surface area contributed by atoms with Gasteiger partial charge in [-0.3, -0.25) is 0 Å². The lowest BCUT2D eigenvalue weighted by atomic mass is 10.1. The molecule has 0 saturated carbocycles. The van der Waals surface area contributed by atoms with Gasteiger partial charge in [-0.05, 0) is 31.0 Å². The minimum atomic E-state index is -0.251. The lowest BCUT2D eigenvalue weighted by molar-refractivity contribution is 0.181. The third-order valence-corrected chi connectivity index (χ3v) is 2.99. The first-order valence-corrected chi connectivity index (χ1v) is 7.48. The first-order valence-electron chi connectivity index (χ1n) is 7.48. The fraction of sp³-hybridized carbons (Fsp3) is 0.562. The number of aliphatic imine (C=N–C) groups is 1. The standard InChI is InChI=1S/C16H26FN3O2/c1-4-18-16(19-8-5-9-21-2)20-11-13-6-7-15(17)14(10-13)12-22-3/h6-7,10H,4-5,8-9,11-12H2,1-3H3,(H2,18,19,20). The number of ether oxygens (including phenoxy) is 2. The molecule has 0 aromatic heterocycles. The molecular weight excluding hydrogens is 285 g/mol. The topological polar surface area (TPSA) is 54.9 Å². The maximum atomic E-state index is 13.6. The van der Waals surface area contributed by atoms with Crippen LogP contribution < -0.4 is 10.6 Å². The van der Waals surface area contributed by atoms with Crippen LogP contribution in [0.4, 0.5) is 4.39 Å². The number of guanidine groups is 1. The molecule has 0 spiro atoms. The van der Waals surface area contributed by atoms with E-state index in [1.165, 1.54) is 6.07 Å². The van der Waals surface area contributed by atoms with E-state index in [1.54, 1.807) is 26.4 Å². The highest BCUT2D eigenvalue weighted by molar-refractivity contribution is 5.79. The summed E-state index contributed by atoms with van der Waals surface area (Å²) in [5.74, 6) is 0.496. The van der Waals surface area contributed by atoms with Gasteiger partial charge in [-0.25, -0.2) is 9.38 Å². The molecule has 0 saturated heterocycles. The normalized spacial score (nSPS) is 11.5. The van der Waals surface area contributed by atoms with E-state index in [4.69, 9.17) is 9.47 Å². The third-order valence-electron chi connectivity index (χ3n) is 2.99. The highest BCUT2D eigenvalue weighted by Gasteiger charge is 2.04. The molecule has 22 heavy (non-hydrogen) atoms. The Balaban J connectivity index is 2.62. The van der Waals surface area contributed by atoms with Crippen LogP contribution in [0.1, 0.15) is 24.5 Å². The van der Waals surface area contributed by atoms with Crippen molar-refractivity contribution in [3.8, 4) is 0 Å². The van der Waals surface area contributed by atoms with Gasteiger partial charge in [-0.2, -0.15) is 0 Å². The van der Waals surface area contributed by atoms with E-state index in [0.29, 0.717) is 18.7 Å². The zero-order chi connectivity index (χ0) is 16.2. The van der Waals surface area contributed by atoms with Crippen LogP contribution in [0.25, 0.3) is 0 Å². The summed E-state index contributed by atoms with van der Waals surface area (Å²) < 4.78 is 23.6. The van der Waals surface area contributed by atoms with Crippen LogP contribution in [-0.4, -0.2) is 39.9 Å². The van der Waals surface area contributed by atoms with Crippen LogP contribution in [0, 0.1) is 5.82 Å². The zero-order valence-corrected chi connectivity index (χ0v) is 13.6. The average Bonchev–Trinajstić information content (AvgIpc) is 2.52. The van der Waals surface area contributed by atoms with Crippen molar-refractivity contribution >= 4 is 5.96 Å². The van der Waals surface area contributed by atoms with E-state index in [1.807, 2.05) is 6.92 Å². The number of halogens is 1. The van der Waals surface area contributed by atoms with Gasteiger partial charge in [0.1, 0.15) is 5.82 Å². The molecule has 1 rings (SSSR count). The molecule has 0 fully saturated rings. The minimum absolute atomic E-state index is 0.251. The van der Waals surface area contributed by atoms with Crippen molar-refractivity contribution in [3.05, 3.63) is 35.1 Å². The van der Waals surface area contributed by atoms with E-state index in [9.17, 15) is 4.39 Å². The second-order valence-corrected chi connectivity index (χ2v) is 4.83. The van der Waals surface area contributed by atoms with E-state index < -0.39 is 0 Å². The lowest BCUT2D eigenvalue weighted by Crippen LogP contribution is -2.38. The van der Waals surface area contributed by atoms with Gasteiger partial charge in [0.15, 0.2) is 5.96 Å². The number of benzene rings is 1. The molecule has 0 bridgehead atoms. The molecule has 124 valence electrons. The number of nitrogens with one attached hydrogen (secondary N) is 2. The highest BCUT2D eigenvalue weighted by atomic mass is 19.1. The van der Waals surface area contributed by atoms with Crippen molar-refractivity contribution in [3.63, 3.8) is 0 Å². The molecule has 0 amide bonds. The maximum absolute atomic E-state index is 13.6. The summed E-state index contributed by atoms with van der Waals surface area (Å²) in [4.78, 5) is 4.50. The van der Waals surface area contributed by atoms with Crippen molar-refractivity contribution in [2.45, 2.75) is 26.5 Å². The second kappa shape index (κ2) is 11.0. The molecular formula is C16H26FN3O2. The molecule has 0 aliphatic carbocycles. The molecule has 0 aliphatic heterocycles. The van der Waals surface area contributed by atoms with Crippen LogP contribution in [0.15, 0.2) is 23.2 Å². The zero-order valence-electron chi connectivity index (χ0n) is 13.6. The van der Waals surface area contributed by atoms with Crippen molar-refractivity contribution in [1.82, 2.24) is 10.6 Å². The summed E-state index contributed by atoms with van der Waals surface area (Å²) in [7, 11) is 3.24. The van der Waals surface area contributed by atoms with Crippen molar-refractivity contribution in [2.24, 2.45) is 4.99 Å². The second-order valence-electron chi connectivity index (χ2n) is 4.83. The Bertz CT molecular complexity index is 467. The summed E-state index contributed by atoms with van der Waals surface area (Å²) >= 11 is 0. The molecule has 0 unspecified atom stereocenters. The number of hydrogen-bond acceptors (Lipinski definition) is 3. The van der Waals surface area contributed by atoms with Gasteiger partial charge >= 0.3 is 0 Å². The van der Waals surface area contributed by atoms with Crippen molar-refractivity contribution < 1.29 is 13.9 Å². The molecule has 1 aromatic carbocycles. The SMILES string of the molecule is CCNC(=NCc1ccc(F)c(COC)c1)NCCCOC. The molecule has 2 N–H and O–H groups in total. The van der Waals surface area contributed by atoms with Gasteiger partial charge in [0, 0.05) is 39.5 Å². The van der Waals surface area contributed by atoms with E-state index in [0.717, 1.165) is 31.0 Å². The summed E-state index contributed by atoms with van der Waals surface area (Å²) in [6.07, 6.45) is 0.912. The van der Waals surface area contributed by atoms with Crippen molar-refractivity contribution in [2.75, 3.05) is 33.9 Å². The minimum Gasteiger partial charge on any atom is -0.385 e. The summed E-state index contributed by atoms with van der Waals surface area (Å²) in [6, 6.07) is 4.99. The molecule has 0 heterocycles. The largest absolute Gasteiger partial charge is 0.385 e. The molecule has 6 heteroatoms. The Morgan fingerprint density at radius 1 is 1.23 bits per heavy atom.